The van der Waals surface area contributed by atoms with Gasteiger partial charge in [0.05, 0.1) is 0 Å². The maximum Gasteiger partial charge on any atom is 0.110 e. The molecule has 1 aromatic carbocycles. The molecular formula is C13H13NS2. The Labute approximate surface area is 104 Å². The molecule has 0 spiro atoms. The van der Waals surface area contributed by atoms with Gasteiger partial charge < -0.3 is 4.90 Å². The number of hydrogen-bond acceptors (Lipinski definition) is 3. The molecule has 2 aromatic rings. The smallest absolute Gasteiger partial charge is 0.110 e. The molecule has 1 unspecified atom stereocenters. The molecule has 1 aliphatic heterocycles. The van der Waals surface area contributed by atoms with Crippen molar-refractivity contribution in [2.45, 2.75) is 5.37 Å². The van der Waals surface area contributed by atoms with E-state index in [0.717, 1.165) is 6.54 Å². The summed E-state index contributed by atoms with van der Waals surface area (Å²) in [5.41, 5.74) is 1.34. The van der Waals surface area contributed by atoms with Crippen molar-refractivity contribution in [3.63, 3.8) is 0 Å². The van der Waals surface area contributed by atoms with E-state index in [1.165, 1.54) is 16.3 Å². The molecule has 82 valence electrons. The highest BCUT2D eigenvalue weighted by Gasteiger charge is 2.27. The van der Waals surface area contributed by atoms with Crippen LogP contribution in [0.25, 0.3) is 0 Å². The van der Waals surface area contributed by atoms with Gasteiger partial charge in [-0.05, 0) is 23.6 Å². The molecule has 3 rings (SSSR count). The Bertz CT molecular complexity index is 438. The van der Waals surface area contributed by atoms with Crippen LogP contribution in [0.4, 0.5) is 5.69 Å². The second-order valence-corrected chi connectivity index (χ2v) is 5.93. The minimum atomic E-state index is 0.516. The van der Waals surface area contributed by atoms with Crippen LogP contribution in [0.2, 0.25) is 0 Å². The number of anilines is 1. The van der Waals surface area contributed by atoms with Crippen LogP contribution in [0.1, 0.15) is 10.3 Å². The van der Waals surface area contributed by atoms with Crippen molar-refractivity contribution in [2.75, 3.05) is 17.2 Å². The first-order valence-electron chi connectivity index (χ1n) is 5.42. The summed E-state index contributed by atoms with van der Waals surface area (Å²) >= 11 is 3.90. The van der Waals surface area contributed by atoms with Gasteiger partial charge in [0.15, 0.2) is 0 Å². The summed E-state index contributed by atoms with van der Waals surface area (Å²) in [6, 6.07) is 15.1. The first kappa shape index (κ1) is 10.2. The number of rotatable bonds is 2. The van der Waals surface area contributed by atoms with Crippen molar-refractivity contribution in [1.29, 1.82) is 0 Å². The zero-order valence-corrected chi connectivity index (χ0v) is 10.5. The number of thiophene rings is 1. The SMILES string of the molecule is c1ccc(N2CCSC2c2cccs2)cc1. The molecule has 1 fully saturated rings. The summed E-state index contributed by atoms with van der Waals surface area (Å²) in [4.78, 5) is 3.96. The Balaban J connectivity index is 1.90. The molecule has 0 amide bonds. The fraction of sp³-hybridized carbons (Fsp3) is 0.231. The average molecular weight is 247 g/mol. The molecule has 0 bridgehead atoms. The standard InChI is InChI=1S/C13H13NS2/c1-2-5-11(6-3-1)14-8-10-16-13(14)12-7-4-9-15-12/h1-7,9,13H,8,10H2. The minimum absolute atomic E-state index is 0.516. The summed E-state index contributed by atoms with van der Waals surface area (Å²) in [7, 11) is 0. The van der Waals surface area contributed by atoms with Gasteiger partial charge in [-0.2, -0.15) is 0 Å². The highest BCUT2D eigenvalue weighted by Crippen LogP contribution is 2.42. The van der Waals surface area contributed by atoms with E-state index in [-0.39, 0.29) is 0 Å². The van der Waals surface area contributed by atoms with Gasteiger partial charge in [0.1, 0.15) is 5.37 Å². The number of benzene rings is 1. The number of nitrogens with zero attached hydrogens (tertiary/aromatic N) is 1. The molecule has 0 N–H and O–H groups in total. The number of para-hydroxylation sites is 1. The Morgan fingerprint density at radius 2 is 1.94 bits per heavy atom. The van der Waals surface area contributed by atoms with Gasteiger partial charge in [-0.1, -0.05) is 24.3 Å². The van der Waals surface area contributed by atoms with Gasteiger partial charge >= 0.3 is 0 Å². The first-order valence-corrected chi connectivity index (χ1v) is 7.35. The molecule has 0 radical (unpaired) electrons. The molecular weight excluding hydrogens is 234 g/mol. The van der Waals surface area contributed by atoms with Crippen LogP contribution in [-0.2, 0) is 0 Å². The Morgan fingerprint density at radius 3 is 2.69 bits per heavy atom. The lowest BCUT2D eigenvalue weighted by molar-refractivity contribution is 0.870. The molecule has 3 heteroatoms. The van der Waals surface area contributed by atoms with E-state index in [9.17, 15) is 0 Å². The molecule has 1 aliphatic rings. The molecule has 1 atom stereocenters. The summed E-state index contributed by atoms with van der Waals surface area (Å²) in [5, 5.41) is 2.68. The van der Waals surface area contributed by atoms with E-state index in [1.54, 1.807) is 0 Å². The van der Waals surface area contributed by atoms with Gasteiger partial charge in [0, 0.05) is 22.9 Å². The fourth-order valence-corrected chi connectivity index (χ4v) is 4.28. The van der Waals surface area contributed by atoms with Crippen molar-refractivity contribution < 1.29 is 0 Å². The zero-order valence-electron chi connectivity index (χ0n) is 8.87. The monoisotopic (exact) mass is 247 g/mol. The van der Waals surface area contributed by atoms with Crippen molar-refractivity contribution in [3.05, 3.63) is 52.7 Å². The highest BCUT2D eigenvalue weighted by atomic mass is 32.2. The molecule has 2 heterocycles. The molecule has 1 nitrogen and oxygen atoms in total. The van der Waals surface area contributed by atoms with Crippen molar-refractivity contribution >= 4 is 28.8 Å². The Morgan fingerprint density at radius 1 is 1.06 bits per heavy atom. The third-order valence-corrected chi connectivity index (χ3v) is 5.08. The van der Waals surface area contributed by atoms with Gasteiger partial charge in [-0.3, -0.25) is 0 Å². The Kier molecular flexibility index (Phi) is 2.89. The van der Waals surface area contributed by atoms with Crippen LogP contribution in [0.5, 0.6) is 0 Å². The third-order valence-electron chi connectivity index (χ3n) is 2.77. The van der Waals surface area contributed by atoms with Crippen LogP contribution < -0.4 is 4.90 Å². The van der Waals surface area contributed by atoms with E-state index in [4.69, 9.17) is 0 Å². The van der Waals surface area contributed by atoms with Gasteiger partial charge in [-0.15, -0.1) is 23.1 Å². The third kappa shape index (κ3) is 1.85. The predicted octanol–water partition coefficient (Wildman–Crippen LogP) is 4.00. The van der Waals surface area contributed by atoms with Crippen LogP contribution in [0.15, 0.2) is 47.8 Å². The van der Waals surface area contributed by atoms with E-state index in [0.29, 0.717) is 5.37 Å². The molecule has 0 saturated carbocycles. The van der Waals surface area contributed by atoms with Crippen LogP contribution >= 0.6 is 23.1 Å². The van der Waals surface area contributed by atoms with E-state index in [2.05, 4.69) is 52.7 Å². The summed E-state index contributed by atoms with van der Waals surface area (Å²) in [6.45, 7) is 1.15. The lowest BCUT2D eigenvalue weighted by Gasteiger charge is -2.24. The topological polar surface area (TPSA) is 3.24 Å². The fourth-order valence-electron chi connectivity index (χ4n) is 2.02. The van der Waals surface area contributed by atoms with Crippen LogP contribution in [0, 0.1) is 0 Å². The van der Waals surface area contributed by atoms with Crippen molar-refractivity contribution in [2.24, 2.45) is 0 Å². The summed E-state index contributed by atoms with van der Waals surface area (Å²) in [6.07, 6.45) is 0. The highest BCUT2D eigenvalue weighted by molar-refractivity contribution is 8.00. The van der Waals surface area contributed by atoms with E-state index < -0.39 is 0 Å². The van der Waals surface area contributed by atoms with E-state index in [1.807, 2.05) is 23.1 Å². The quantitative estimate of drug-likeness (QED) is 0.789. The average Bonchev–Trinajstić information content (AvgIpc) is 3.01. The normalized spacial score (nSPS) is 20.2. The Hall–Kier alpha value is -0.930. The van der Waals surface area contributed by atoms with Crippen molar-refractivity contribution in [1.82, 2.24) is 0 Å². The van der Waals surface area contributed by atoms with E-state index >= 15 is 0 Å². The lowest BCUT2D eigenvalue weighted by Crippen LogP contribution is -2.21. The predicted molar refractivity (Wildman–Crippen MR) is 73.3 cm³/mol. The lowest BCUT2D eigenvalue weighted by atomic mass is 10.3. The van der Waals surface area contributed by atoms with Gasteiger partial charge in [0.25, 0.3) is 0 Å². The van der Waals surface area contributed by atoms with Crippen LogP contribution in [-0.4, -0.2) is 12.3 Å². The molecule has 16 heavy (non-hydrogen) atoms. The van der Waals surface area contributed by atoms with Gasteiger partial charge in [0.2, 0.25) is 0 Å². The van der Waals surface area contributed by atoms with Crippen LogP contribution in [0.3, 0.4) is 0 Å². The first-order chi connectivity index (χ1) is 7.95. The maximum absolute atomic E-state index is 2.50. The summed E-state index contributed by atoms with van der Waals surface area (Å²) < 4.78 is 0. The zero-order chi connectivity index (χ0) is 10.8. The number of thioether (sulfide) groups is 1. The maximum atomic E-state index is 2.50. The molecule has 1 saturated heterocycles. The second kappa shape index (κ2) is 4.52. The largest absolute Gasteiger partial charge is 0.354 e. The molecule has 0 aliphatic carbocycles. The summed E-state index contributed by atoms with van der Waals surface area (Å²) in [5.74, 6) is 1.22. The molecule has 1 aromatic heterocycles. The second-order valence-electron chi connectivity index (χ2n) is 3.77. The minimum Gasteiger partial charge on any atom is -0.354 e. The van der Waals surface area contributed by atoms with Gasteiger partial charge in [-0.25, -0.2) is 0 Å². The number of hydrogen-bond donors (Lipinski definition) is 0. The van der Waals surface area contributed by atoms with Crippen molar-refractivity contribution in [3.8, 4) is 0 Å².